The van der Waals surface area contributed by atoms with Crippen molar-refractivity contribution in [3.05, 3.63) is 41.7 Å². The highest BCUT2D eigenvalue weighted by Gasteiger charge is 2.37. The fourth-order valence-corrected chi connectivity index (χ4v) is 2.88. The zero-order valence-corrected chi connectivity index (χ0v) is 17.3. The van der Waals surface area contributed by atoms with Gasteiger partial charge in [0.15, 0.2) is 5.82 Å². The Morgan fingerprint density at radius 1 is 1.00 bits per heavy atom. The van der Waals surface area contributed by atoms with E-state index in [1.54, 1.807) is 0 Å². The molecule has 2 aromatic rings. The van der Waals surface area contributed by atoms with Gasteiger partial charge in [-0.2, -0.15) is 26.3 Å². The first-order chi connectivity index (χ1) is 15.9. The molecule has 0 aliphatic carbocycles. The number of aromatic nitrogens is 3. The van der Waals surface area contributed by atoms with E-state index in [-0.39, 0.29) is 12.6 Å². The molecule has 9 nitrogen and oxygen atoms in total. The second-order valence-corrected chi connectivity index (χ2v) is 7.08. The Morgan fingerprint density at radius 2 is 1.62 bits per heavy atom. The van der Waals surface area contributed by atoms with Gasteiger partial charge in [0.05, 0.1) is 30.9 Å². The Labute approximate surface area is 188 Å². The fraction of sp³-hybridized carbons (Fsp3) is 0.368. The standard InChI is InChI=1S/C19H18F6N6O3/c20-18(21,22)13-7-12(8-14(9-13)19(23,24)25)17-26-11-31(29-17)2-1-15(32)27-28-16(33)10-30-3-5-34-6-4-30/h1-2,7-9,11H,3-6,10H2,(H,27,32)(H,28,33)/b2-1-. The molecule has 2 N–H and O–H groups in total. The number of amides is 2. The van der Waals surface area contributed by atoms with Crippen LogP contribution in [0.3, 0.4) is 0 Å². The minimum atomic E-state index is -5.01. The van der Waals surface area contributed by atoms with Gasteiger partial charge in [0.25, 0.3) is 11.8 Å². The number of hydrazine groups is 1. The molecule has 0 bridgehead atoms. The zero-order chi connectivity index (χ0) is 24.9. The van der Waals surface area contributed by atoms with Crippen LogP contribution in [-0.4, -0.2) is 64.3 Å². The molecule has 0 saturated carbocycles. The van der Waals surface area contributed by atoms with Crippen LogP contribution in [0.1, 0.15) is 11.1 Å². The van der Waals surface area contributed by atoms with Crippen LogP contribution in [0.15, 0.2) is 30.6 Å². The summed E-state index contributed by atoms with van der Waals surface area (Å²) in [7, 11) is 0. The van der Waals surface area contributed by atoms with Gasteiger partial charge >= 0.3 is 12.4 Å². The highest BCUT2D eigenvalue weighted by atomic mass is 19.4. The average Bonchev–Trinajstić information content (AvgIpc) is 3.25. The number of hydrogen-bond acceptors (Lipinski definition) is 6. The van der Waals surface area contributed by atoms with Crippen LogP contribution in [0.5, 0.6) is 0 Å². The number of nitrogens with one attached hydrogen (secondary N) is 2. The van der Waals surface area contributed by atoms with Gasteiger partial charge in [-0.3, -0.25) is 25.3 Å². The van der Waals surface area contributed by atoms with E-state index in [9.17, 15) is 35.9 Å². The molecule has 1 aromatic carbocycles. The van der Waals surface area contributed by atoms with Crippen LogP contribution in [-0.2, 0) is 26.7 Å². The molecule has 2 heterocycles. The van der Waals surface area contributed by atoms with E-state index < -0.39 is 46.7 Å². The summed E-state index contributed by atoms with van der Waals surface area (Å²) in [6.07, 6.45) is -7.05. The first-order valence-corrected chi connectivity index (χ1v) is 9.70. The zero-order valence-electron chi connectivity index (χ0n) is 17.3. The maximum atomic E-state index is 13.0. The van der Waals surface area contributed by atoms with E-state index >= 15 is 0 Å². The minimum Gasteiger partial charge on any atom is -0.379 e. The average molecular weight is 492 g/mol. The van der Waals surface area contributed by atoms with Crippen molar-refractivity contribution in [3.8, 4) is 11.4 Å². The lowest BCUT2D eigenvalue weighted by atomic mass is 10.0. The summed E-state index contributed by atoms with van der Waals surface area (Å²) in [5.41, 5.74) is 0.829. The van der Waals surface area contributed by atoms with Gasteiger partial charge < -0.3 is 4.74 Å². The first-order valence-electron chi connectivity index (χ1n) is 9.70. The van der Waals surface area contributed by atoms with Crippen molar-refractivity contribution in [1.29, 1.82) is 0 Å². The number of carbonyl (C=O) groups excluding carboxylic acids is 2. The molecule has 1 fully saturated rings. The van der Waals surface area contributed by atoms with Gasteiger partial charge in [-0.25, -0.2) is 9.67 Å². The molecule has 15 heteroatoms. The molecular weight excluding hydrogens is 474 g/mol. The lowest BCUT2D eigenvalue weighted by Gasteiger charge is -2.25. The Kier molecular flexibility index (Phi) is 7.56. The van der Waals surface area contributed by atoms with Gasteiger partial charge in [0.2, 0.25) is 0 Å². The van der Waals surface area contributed by atoms with Crippen LogP contribution >= 0.6 is 0 Å². The topological polar surface area (TPSA) is 101 Å². The smallest absolute Gasteiger partial charge is 0.379 e. The van der Waals surface area contributed by atoms with E-state index in [4.69, 9.17) is 4.74 Å². The number of rotatable bonds is 5. The molecule has 0 radical (unpaired) electrons. The first kappa shape index (κ1) is 25.2. The quantitative estimate of drug-likeness (QED) is 0.376. The molecule has 0 spiro atoms. The maximum absolute atomic E-state index is 13.0. The van der Waals surface area contributed by atoms with Crippen LogP contribution in [0.4, 0.5) is 26.3 Å². The Hall–Kier alpha value is -3.46. The molecule has 0 atom stereocenters. The summed E-state index contributed by atoms with van der Waals surface area (Å²) >= 11 is 0. The molecule has 1 aromatic heterocycles. The second kappa shape index (κ2) is 10.2. The van der Waals surface area contributed by atoms with Crippen LogP contribution in [0.25, 0.3) is 17.6 Å². The van der Waals surface area contributed by atoms with Gasteiger partial charge in [0.1, 0.15) is 6.33 Å². The number of hydrogen-bond donors (Lipinski definition) is 2. The molecule has 184 valence electrons. The lowest BCUT2D eigenvalue weighted by Crippen LogP contribution is -2.48. The number of ether oxygens (including phenoxy) is 1. The summed E-state index contributed by atoms with van der Waals surface area (Å²) in [4.78, 5) is 29.2. The van der Waals surface area contributed by atoms with Crippen LogP contribution in [0.2, 0.25) is 0 Å². The molecular formula is C19H18F6N6O3. The van der Waals surface area contributed by atoms with E-state index in [0.717, 1.165) is 23.3 Å². The third-order valence-corrected chi connectivity index (χ3v) is 4.53. The summed E-state index contributed by atoms with van der Waals surface area (Å²) in [5.74, 6) is -1.64. The molecule has 3 rings (SSSR count). The van der Waals surface area contributed by atoms with Crippen molar-refractivity contribution in [1.82, 2.24) is 30.5 Å². The number of morpholine rings is 1. The fourth-order valence-electron chi connectivity index (χ4n) is 2.88. The number of nitrogens with zero attached hydrogens (tertiary/aromatic N) is 4. The van der Waals surface area contributed by atoms with E-state index in [1.165, 1.54) is 0 Å². The largest absolute Gasteiger partial charge is 0.416 e. The lowest BCUT2D eigenvalue weighted by molar-refractivity contribution is -0.143. The van der Waals surface area contributed by atoms with Crippen molar-refractivity contribution in [2.45, 2.75) is 12.4 Å². The molecule has 0 unspecified atom stereocenters. The monoisotopic (exact) mass is 492 g/mol. The normalized spacial score (nSPS) is 15.5. The van der Waals surface area contributed by atoms with Crippen molar-refractivity contribution >= 4 is 18.0 Å². The van der Waals surface area contributed by atoms with Crippen molar-refractivity contribution < 1.29 is 40.7 Å². The van der Waals surface area contributed by atoms with E-state index in [1.807, 2.05) is 4.90 Å². The third-order valence-electron chi connectivity index (χ3n) is 4.53. The highest BCUT2D eigenvalue weighted by Crippen LogP contribution is 2.38. The number of benzene rings is 1. The Balaban J connectivity index is 1.63. The highest BCUT2D eigenvalue weighted by molar-refractivity contribution is 5.91. The number of alkyl halides is 6. The minimum absolute atomic E-state index is 0.00190. The Morgan fingerprint density at radius 3 is 2.21 bits per heavy atom. The Bertz CT molecular complexity index is 1030. The van der Waals surface area contributed by atoms with Crippen LogP contribution < -0.4 is 10.9 Å². The van der Waals surface area contributed by atoms with E-state index in [0.29, 0.717) is 38.4 Å². The van der Waals surface area contributed by atoms with E-state index in [2.05, 4.69) is 20.9 Å². The number of carbonyl (C=O) groups is 2. The maximum Gasteiger partial charge on any atom is 0.416 e. The van der Waals surface area contributed by atoms with Crippen LogP contribution in [0, 0.1) is 0 Å². The molecule has 1 aliphatic rings. The summed E-state index contributed by atoms with van der Waals surface area (Å²) in [6.45, 7) is 2.20. The predicted molar refractivity (Wildman–Crippen MR) is 104 cm³/mol. The van der Waals surface area contributed by atoms with Gasteiger partial charge in [-0.15, -0.1) is 5.10 Å². The predicted octanol–water partition coefficient (Wildman–Crippen LogP) is 1.93. The SMILES string of the molecule is O=C(/C=C\n1cnc(-c2cc(C(F)(F)F)cc(C(F)(F)F)c2)n1)NNC(=O)CN1CCOCC1. The third kappa shape index (κ3) is 7.02. The molecule has 34 heavy (non-hydrogen) atoms. The van der Waals surface area contributed by atoms with Gasteiger partial charge in [0, 0.05) is 30.9 Å². The summed E-state index contributed by atoms with van der Waals surface area (Å²) in [6, 6.07) is 0.989. The second-order valence-electron chi connectivity index (χ2n) is 7.08. The molecule has 2 amide bonds. The van der Waals surface area contributed by atoms with Gasteiger partial charge in [-0.1, -0.05) is 0 Å². The van der Waals surface area contributed by atoms with Crippen molar-refractivity contribution in [3.63, 3.8) is 0 Å². The number of halogens is 6. The molecule has 1 aliphatic heterocycles. The summed E-state index contributed by atoms with van der Waals surface area (Å²) in [5, 5.41) is 3.77. The van der Waals surface area contributed by atoms with Gasteiger partial charge in [-0.05, 0) is 18.2 Å². The summed E-state index contributed by atoms with van der Waals surface area (Å²) < 4.78 is 84.2. The van der Waals surface area contributed by atoms with Crippen molar-refractivity contribution in [2.24, 2.45) is 0 Å². The molecule has 1 saturated heterocycles. The van der Waals surface area contributed by atoms with Crippen molar-refractivity contribution in [2.75, 3.05) is 32.8 Å².